The number of piperidine rings is 1. The number of carbonyl (C=O) groups is 1. The van der Waals surface area contributed by atoms with Gasteiger partial charge in [-0.15, -0.1) is 0 Å². The van der Waals surface area contributed by atoms with Crippen LogP contribution in [0.3, 0.4) is 0 Å². The molecular formula is C24H23F2N7O. The van der Waals surface area contributed by atoms with E-state index in [0.717, 1.165) is 43.1 Å². The van der Waals surface area contributed by atoms with Crippen LogP contribution >= 0.6 is 0 Å². The molecule has 0 radical (unpaired) electrons. The summed E-state index contributed by atoms with van der Waals surface area (Å²) in [5.41, 5.74) is 2.19. The molecule has 0 bridgehead atoms. The summed E-state index contributed by atoms with van der Waals surface area (Å²) in [6, 6.07) is 5.17. The summed E-state index contributed by atoms with van der Waals surface area (Å²) in [5.74, 6) is -0.960. The molecule has 1 N–H and O–H groups in total. The van der Waals surface area contributed by atoms with E-state index < -0.39 is 5.82 Å². The van der Waals surface area contributed by atoms with Gasteiger partial charge in [-0.2, -0.15) is 5.10 Å². The van der Waals surface area contributed by atoms with Gasteiger partial charge in [-0.1, -0.05) is 0 Å². The Kier molecular flexibility index (Phi) is 5.09. The number of fused-ring (bicyclic) bond motifs is 1. The Morgan fingerprint density at radius 1 is 1.00 bits per heavy atom. The molecule has 0 atom stereocenters. The average Bonchev–Trinajstić information content (AvgIpc) is 3.49. The molecule has 0 saturated carbocycles. The monoisotopic (exact) mass is 463 g/mol. The molecular weight excluding hydrogens is 440 g/mol. The first-order valence-electron chi connectivity index (χ1n) is 11.4. The molecule has 0 spiro atoms. The smallest absolute Gasteiger partial charge is 0.272 e. The zero-order valence-electron chi connectivity index (χ0n) is 18.4. The van der Waals surface area contributed by atoms with E-state index in [1.54, 1.807) is 17.3 Å². The molecule has 34 heavy (non-hydrogen) atoms. The molecule has 0 aromatic carbocycles. The minimum absolute atomic E-state index is 0.149. The van der Waals surface area contributed by atoms with E-state index in [9.17, 15) is 13.6 Å². The predicted octanol–water partition coefficient (Wildman–Crippen LogP) is 3.26. The minimum Gasteiger partial charge on any atom is -0.346 e. The van der Waals surface area contributed by atoms with E-state index in [4.69, 9.17) is 0 Å². The second-order valence-corrected chi connectivity index (χ2v) is 8.92. The number of nitrogens with one attached hydrogen (secondary N) is 1. The van der Waals surface area contributed by atoms with Gasteiger partial charge in [0.2, 0.25) is 0 Å². The van der Waals surface area contributed by atoms with Gasteiger partial charge in [-0.05, 0) is 31.0 Å². The summed E-state index contributed by atoms with van der Waals surface area (Å²) in [6.45, 7) is 3.06. The van der Waals surface area contributed by atoms with Crippen molar-refractivity contribution in [1.82, 2.24) is 34.5 Å². The van der Waals surface area contributed by atoms with E-state index in [2.05, 4.69) is 25.0 Å². The molecule has 6 heterocycles. The van der Waals surface area contributed by atoms with Gasteiger partial charge < -0.3 is 9.88 Å². The van der Waals surface area contributed by atoms with Crippen molar-refractivity contribution >= 4 is 16.9 Å². The summed E-state index contributed by atoms with van der Waals surface area (Å²) < 4.78 is 29.5. The molecule has 174 valence electrons. The van der Waals surface area contributed by atoms with Crippen LogP contribution in [0.15, 0.2) is 49.2 Å². The number of halogens is 2. The lowest BCUT2D eigenvalue weighted by molar-refractivity contribution is 0.0196. The van der Waals surface area contributed by atoms with Gasteiger partial charge in [-0.25, -0.2) is 18.7 Å². The van der Waals surface area contributed by atoms with Crippen LogP contribution in [0.2, 0.25) is 0 Å². The number of amides is 1. The Bertz CT molecular complexity index is 1340. The Morgan fingerprint density at radius 3 is 2.59 bits per heavy atom. The fourth-order valence-electron chi connectivity index (χ4n) is 5.00. The maximum absolute atomic E-state index is 14.5. The van der Waals surface area contributed by atoms with Gasteiger partial charge in [0.1, 0.15) is 23.0 Å². The van der Waals surface area contributed by atoms with Crippen LogP contribution in [-0.2, 0) is 0 Å². The fourth-order valence-corrected chi connectivity index (χ4v) is 5.00. The molecule has 8 nitrogen and oxygen atoms in total. The van der Waals surface area contributed by atoms with Crippen LogP contribution in [0.5, 0.6) is 0 Å². The van der Waals surface area contributed by atoms with Gasteiger partial charge in [0, 0.05) is 61.1 Å². The normalized spacial score (nSPS) is 17.9. The van der Waals surface area contributed by atoms with E-state index in [0.29, 0.717) is 30.3 Å². The molecule has 4 aromatic rings. The van der Waals surface area contributed by atoms with Gasteiger partial charge in [0.15, 0.2) is 0 Å². The van der Waals surface area contributed by atoms with Crippen LogP contribution in [0, 0.1) is 11.6 Å². The second kappa shape index (κ2) is 8.28. The van der Waals surface area contributed by atoms with Gasteiger partial charge in [0.25, 0.3) is 5.91 Å². The number of H-pyrrole nitrogens is 1. The molecule has 0 unspecified atom stereocenters. The average molecular weight is 463 g/mol. The van der Waals surface area contributed by atoms with E-state index >= 15 is 0 Å². The summed E-state index contributed by atoms with van der Waals surface area (Å²) in [4.78, 5) is 27.8. The lowest BCUT2D eigenvalue weighted by Crippen LogP contribution is -2.56. The third-order valence-electron chi connectivity index (χ3n) is 6.91. The van der Waals surface area contributed by atoms with Gasteiger partial charge >= 0.3 is 0 Å². The van der Waals surface area contributed by atoms with Crippen molar-refractivity contribution in [2.45, 2.75) is 24.9 Å². The maximum atomic E-state index is 14.5. The lowest BCUT2D eigenvalue weighted by Gasteiger charge is -2.47. The van der Waals surface area contributed by atoms with Crippen molar-refractivity contribution in [2.24, 2.45) is 0 Å². The Hall–Kier alpha value is -3.66. The molecule has 1 amide bonds. The predicted molar refractivity (Wildman–Crippen MR) is 121 cm³/mol. The van der Waals surface area contributed by atoms with Crippen LogP contribution < -0.4 is 0 Å². The van der Waals surface area contributed by atoms with Crippen molar-refractivity contribution < 1.29 is 13.6 Å². The highest BCUT2D eigenvalue weighted by molar-refractivity contribution is 5.93. The molecule has 4 aromatic heterocycles. The first-order valence-corrected chi connectivity index (χ1v) is 11.4. The summed E-state index contributed by atoms with van der Waals surface area (Å²) in [6.07, 6.45) is 9.45. The zero-order valence-corrected chi connectivity index (χ0v) is 18.4. The quantitative estimate of drug-likeness (QED) is 0.502. The number of rotatable bonds is 4. The van der Waals surface area contributed by atoms with E-state index in [1.165, 1.54) is 18.3 Å². The number of likely N-dealkylation sites (tertiary alicyclic amines) is 2. The third kappa shape index (κ3) is 3.63. The molecule has 2 saturated heterocycles. The molecule has 2 aliphatic heterocycles. The molecule has 10 heteroatoms. The van der Waals surface area contributed by atoms with E-state index in [1.807, 2.05) is 16.9 Å². The van der Waals surface area contributed by atoms with Crippen molar-refractivity contribution in [3.63, 3.8) is 0 Å². The standard InChI is InChI=1S/C24H23F2N7O/c25-16-1-2-21(28-10-16)24(34)31-7-4-17(5-8-31)32-13-18(14-32)33-12-15(9-30-33)22-19-3-6-27-23(19)29-11-20(22)26/h1-3,6,9-12,17-18H,4-5,7-8,13-14H2,(H,27,29). The van der Waals surface area contributed by atoms with Crippen LogP contribution in [0.1, 0.15) is 29.4 Å². The number of aromatic nitrogens is 5. The molecule has 0 aliphatic carbocycles. The second-order valence-electron chi connectivity index (χ2n) is 8.92. The summed E-state index contributed by atoms with van der Waals surface area (Å²) >= 11 is 0. The third-order valence-corrected chi connectivity index (χ3v) is 6.91. The van der Waals surface area contributed by atoms with E-state index in [-0.39, 0.29) is 23.5 Å². The van der Waals surface area contributed by atoms with Gasteiger partial charge in [-0.3, -0.25) is 14.4 Å². The number of carbonyl (C=O) groups excluding carboxylic acids is 1. The maximum Gasteiger partial charge on any atom is 0.272 e. The number of aromatic amines is 1. The molecule has 2 aliphatic rings. The highest BCUT2D eigenvalue weighted by atomic mass is 19.1. The van der Waals surface area contributed by atoms with Crippen molar-refractivity contribution in [1.29, 1.82) is 0 Å². The zero-order chi connectivity index (χ0) is 23.2. The van der Waals surface area contributed by atoms with Crippen LogP contribution in [0.4, 0.5) is 8.78 Å². The Balaban J connectivity index is 1.06. The largest absolute Gasteiger partial charge is 0.346 e. The number of nitrogens with zero attached hydrogens (tertiary/aromatic N) is 6. The number of hydrogen-bond donors (Lipinski definition) is 1. The fraction of sp³-hybridized carbons (Fsp3) is 0.333. The highest BCUT2D eigenvalue weighted by Gasteiger charge is 2.36. The van der Waals surface area contributed by atoms with Crippen molar-refractivity contribution in [2.75, 3.05) is 26.2 Å². The number of hydrogen-bond acceptors (Lipinski definition) is 5. The minimum atomic E-state index is -0.449. The lowest BCUT2D eigenvalue weighted by atomic mass is 9.97. The highest BCUT2D eigenvalue weighted by Crippen LogP contribution is 2.32. The van der Waals surface area contributed by atoms with Crippen molar-refractivity contribution in [3.8, 4) is 11.1 Å². The summed E-state index contributed by atoms with van der Waals surface area (Å²) in [5, 5.41) is 5.25. The SMILES string of the molecule is O=C(c1ccc(F)cn1)N1CCC(N2CC(n3cc(-c4c(F)cnc5[nH]ccc45)cn3)C2)CC1. The number of pyridine rings is 2. The summed E-state index contributed by atoms with van der Waals surface area (Å²) in [7, 11) is 0. The Morgan fingerprint density at radius 2 is 1.82 bits per heavy atom. The first-order chi connectivity index (χ1) is 16.6. The van der Waals surface area contributed by atoms with Crippen LogP contribution in [0.25, 0.3) is 22.2 Å². The molecule has 2 fully saturated rings. The Labute approximate surface area is 194 Å². The topological polar surface area (TPSA) is 82.9 Å². The van der Waals surface area contributed by atoms with Crippen molar-refractivity contribution in [3.05, 3.63) is 66.5 Å². The first kappa shape index (κ1) is 20.9. The molecule has 6 rings (SSSR count). The van der Waals surface area contributed by atoms with Crippen LogP contribution in [-0.4, -0.2) is 72.7 Å². The van der Waals surface area contributed by atoms with Gasteiger partial charge in [0.05, 0.1) is 24.6 Å².